The third-order valence-corrected chi connectivity index (χ3v) is 4.81. The van der Waals surface area contributed by atoms with Crippen molar-refractivity contribution in [3.05, 3.63) is 59.9 Å². The molecule has 26 heavy (non-hydrogen) atoms. The number of carbonyl (C=O) groups excluding carboxylic acids is 1. The van der Waals surface area contributed by atoms with Gasteiger partial charge in [0.2, 0.25) is 5.91 Å². The minimum Gasteiger partial charge on any atom is -0.497 e. The molecular weight excluding hydrogens is 348 g/mol. The van der Waals surface area contributed by atoms with Crippen molar-refractivity contribution in [2.45, 2.75) is 19.0 Å². The maximum absolute atomic E-state index is 12.3. The average molecular weight is 368 g/mol. The van der Waals surface area contributed by atoms with E-state index in [0.29, 0.717) is 5.16 Å². The molecule has 1 N–H and O–H groups in total. The molecule has 0 fully saturated rings. The molecule has 0 radical (unpaired) electrons. The molecule has 0 bridgehead atoms. The molecule has 0 atom stereocenters. The Morgan fingerprint density at radius 3 is 2.54 bits per heavy atom. The second-order valence-electron chi connectivity index (χ2n) is 5.71. The number of methoxy groups -OCH3 is 1. The van der Waals surface area contributed by atoms with E-state index in [1.807, 2.05) is 66.9 Å². The van der Waals surface area contributed by atoms with E-state index in [0.717, 1.165) is 28.5 Å². The summed E-state index contributed by atoms with van der Waals surface area (Å²) in [7, 11) is 1.63. The summed E-state index contributed by atoms with van der Waals surface area (Å²) in [6.07, 6.45) is 0. The van der Waals surface area contributed by atoms with Crippen LogP contribution in [-0.4, -0.2) is 33.5 Å². The van der Waals surface area contributed by atoms with E-state index in [2.05, 4.69) is 15.5 Å². The fourth-order valence-corrected chi connectivity index (χ4v) is 3.29. The molecule has 0 saturated carbocycles. The smallest absolute Gasteiger partial charge is 0.234 e. The molecule has 2 aromatic carbocycles. The summed E-state index contributed by atoms with van der Waals surface area (Å²) in [5.41, 5.74) is 2.78. The van der Waals surface area contributed by atoms with Crippen LogP contribution in [0.4, 0.5) is 5.69 Å². The highest BCUT2D eigenvalue weighted by Gasteiger charge is 2.14. The molecule has 0 aliphatic carbocycles. The number of anilines is 1. The number of hydrogen-bond donors (Lipinski definition) is 1. The molecule has 0 spiro atoms. The maximum Gasteiger partial charge on any atom is 0.234 e. The Labute approximate surface area is 156 Å². The van der Waals surface area contributed by atoms with Gasteiger partial charge in [-0.2, -0.15) is 0 Å². The van der Waals surface area contributed by atoms with Crippen LogP contribution in [-0.2, 0) is 4.79 Å². The van der Waals surface area contributed by atoms with Crippen molar-refractivity contribution in [3.63, 3.8) is 0 Å². The lowest BCUT2D eigenvalue weighted by Gasteiger charge is -2.10. The number of para-hydroxylation sites is 1. The van der Waals surface area contributed by atoms with Gasteiger partial charge in [0.15, 0.2) is 5.16 Å². The number of nitrogens with zero attached hydrogens (tertiary/aromatic N) is 3. The summed E-state index contributed by atoms with van der Waals surface area (Å²) in [4.78, 5) is 12.3. The summed E-state index contributed by atoms with van der Waals surface area (Å²) in [5, 5.41) is 11.9. The lowest BCUT2D eigenvalue weighted by Crippen LogP contribution is -2.15. The topological polar surface area (TPSA) is 69.0 Å². The van der Waals surface area contributed by atoms with Crippen LogP contribution >= 0.6 is 11.8 Å². The van der Waals surface area contributed by atoms with Crippen molar-refractivity contribution in [1.29, 1.82) is 0 Å². The van der Waals surface area contributed by atoms with Crippen molar-refractivity contribution in [2.24, 2.45) is 0 Å². The van der Waals surface area contributed by atoms with E-state index in [-0.39, 0.29) is 11.7 Å². The standard InChI is InChI=1S/C19H20N4O2S/c1-13-6-4-5-7-17(13)20-18(24)12-26-19-22-21-14(2)23(19)15-8-10-16(25-3)11-9-15/h4-11H,12H2,1-3H3,(H,20,24). The molecule has 6 nitrogen and oxygen atoms in total. The Bertz CT molecular complexity index is 906. The van der Waals surface area contributed by atoms with Crippen LogP contribution in [0.15, 0.2) is 53.7 Å². The minimum absolute atomic E-state index is 0.0776. The summed E-state index contributed by atoms with van der Waals surface area (Å²) >= 11 is 1.35. The Balaban J connectivity index is 1.70. The van der Waals surface area contributed by atoms with Crippen molar-refractivity contribution in [2.75, 3.05) is 18.2 Å². The normalized spacial score (nSPS) is 10.6. The van der Waals surface area contributed by atoms with Gasteiger partial charge in [-0.05, 0) is 49.7 Å². The second kappa shape index (κ2) is 8.05. The molecule has 3 rings (SSSR count). The average Bonchev–Trinajstić information content (AvgIpc) is 3.02. The summed E-state index contributed by atoms with van der Waals surface area (Å²) in [6, 6.07) is 15.3. The van der Waals surface area contributed by atoms with E-state index in [1.165, 1.54) is 11.8 Å². The molecule has 0 saturated heterocycles. The van der Waals surface area contributed by atoms with Gasteiger partial charge in [0.25, 0.3) is 0 Å². The summed E-state index contributed by atoms with van der Waals surface area (Å²) in [6.45, 7) is 3.85. The van der Waals surface area contributed by atoms with E-state index in [1.54, 1.807) is 7.11 Å². The summed E-state index contributed by atoms with van der Waals surface area (Å²) < 4.78 is 7.12. The van der Waals surface area contributed by atoms with Crippen molar-refractivity contribution < 1.29 is 9.53 Å². The van der Waals surface area contributed by atoms with Crippen LogP contribution in [0, 0.1) is 13.8 Å². The first-order valence-electron chi connectivity index (χ1n) is 8.13. The lowest BCUT2D eigenvalue weighted by molar-refractivity contribution is -0.113. The molecular formula is C19H20N4O2S. The Kier molecular flexibility index (Phi) is 5.58. The SMILES string of the molecule is COc1ccc(-n2c(C)nnc2SCC(=O)Nc2ccccc2C)cc1. The van der Waals surface area contributed by atoms with Crippen molar-refractivity contribution >= 4 is 23.4 Å². The van der Waals surface area contributed by atoms with Crippen LogP contribution < -0.4 is 10.1 Å². The van der Waals surface area contributed by atoms with Gasteiger partial charge in [-0.25, -0.2) is 0 Å². The highest BCUT2D eigenvalue weighted by atomic mass is 32.2. The number of hydrogen-bond acceptors (Lipinski definition) is 5. The molecule has 0 aliphatic heterocycles. The molecule has 0 aliphatic rings. The van der Waals surface area contributed by atoms with E-state index >= 15 is 0 Å². The predicted octanol–water partition coefficient (Wildman–Crippen LogP) is 3.62. The van der Waals surface area contributed by atoms with Crippen LogP contribution in [0.2, 0.25) is 0 Å². The van der Waals surface area contributed by atoms with Gasteiger partial charge in [-0.1, -0.05) is 30.0 Å². The van der Waals surface area contributed by atoms with Gasteiger partial charge in [0.05, 0.1) is 12.9 Å². The first-order valence-corrected chi connectivity index (χ1v) is 9.12. The Morgan fingerprint density at radius 2 is 1.85 bits per heavy atom. The molecule has 134 valence electrons. The third kappa shape index (κ3) is 4.05. The maximum atomic E-state index is 12.3. The van der Waals surface area contributed by atoms with Crippen LogP contribution in [0.3, 0.4) is 0 Å². The third-order valence-electron chi connectivity index (χ3n) is 3.88. The van der Waals surface area contributed by atoms with Crippen molar-refractivity contribution in [1.82, 2.24) is 14.8 Å². The molecule has 7 heteroatoms. The largest absolute Gasteiger partial charge is 0.497 e. The Hall–Kier alpha value is -2.80. The quantitative estimate of drug-likeness (QED) is 0.673. The minimum atomic E-state index is -0.0776. The number of amides is 1. The Morgan fingerprint density at radius 1 is 1.12 bits per heavy atom. The fourth-order valence-electron chi connectivity index (χ4n) is 2.49. The fraction of sp³-hybridized carbons (Fsp3) is 0.211. The number of thioether (sulfide) groups is 1. The molecule has 0 unspecified atom stereocenters. The van der Waals surface area contributed by atoms with Gasteiger partial charge in [-0.15, -0.1) is 10.2 Å². The number of ether oxygens (including phenoxy) is 1. The van der Waals surface area contributed by atoms with Gasteiger partial charge < -0.3 is 10.1 Å². The van der Waals surface area contributed by atoms with Crippen molar-refractivity contribution in [3.8, 4) is 11.4 Å². The van der Waals surface area contributed by atoms with Crippen LogP contribution in [0.1, 0.15) is 11.4 Å². The first kappa shape index (κ1) is 18.0. The zero-order chi connectivity index (χ0) is 18.5. The van der Waals surface area contributed by atoms with E-state index < -0.39 is 0 Å². The highest BCUT2D eigenvalue weighted by Crippen LogP contribution is 2.24. The molecule has 1 heterocycles. The molecule has 1 amide bonds. The van der Waals surface area contributed by atoms with E-state index in [4.69, 9.17) is 4.74 Å². The van der Waals surface area contributed by atoms with Gasteiger partial charge >= 0.3 is 0 Å². The lowest BCUT2D eigenvalue weighted by atomic mass is 10.2. The second-order valence-corrected chi connectivity index (χ2v) is 6.66. The summed E-state index contributed by atoms with van der Waals surface area (Å²) in [5.74, 6) is 1.72. The number of carbonyl (C=O) groups is 1. The number of nitrogens with one attached hydrogen (secondary N) is 1. The van der Waals surface area contributed by atoms with Gasteiger partial charge in [-0.3, -0.25) is 9.36 Å². The number of aromatic nitrogens is 3. The van der Waals surface area contributed by atoms with E-state index in [9.17, 15) is 4.79 Å². The monoisotopic (exact) mass is 368 g/mol. The molecule has 1 aromatic heterocycles. The van der Waals surface area contributed by atoms with Crippen LogP contribution in [0.5, 0.6) is 5.75 Å². The molecule has 3 aromatic rings. The number of rotatable bonds is 6. The zero-order valence-corrected chi connectivity index (χ0v) is 15.7. The van der Waals surface area contributed by atoms with Crippen LogP contribution in [0.25, 0.3) is 5.69 Å². The zero-order valence-electron chi connectivity index (χ0n) is 14.9. The van der Waals surface area contributed by atoms with Gasteiger partial charge in [0, 0.05) is 11.4 Å². The predicted molar refractivity (Wildman–Crippen MR) is 103 cm³/mol. The first-order chi connectivity index (χ1) is 12.6. The highest BCUT2D eigenvalue weighted by molar-refractivity contribution is 7.99. The number of benzene rings is 2. The number of aryl methyl sites for hydroxylation is 2. The van der Waals surface area contributed by atoms with Gasteiger partial charge in [0.1, 0.15) is 11.6 Å².